The minimum Gasteiger partial charge on any atom is -0.294 e. The summed E-state index contributed by atoms with van der Waals surface area (Å²) in [6.45, 7) is 0. The van der Waals surface area contributed by atoms with Crippen molar-refractivity contribution in [1.29, 1.82) is 0 Å². The first-order valence-electron chi connectivity index (χ1n) is 6.44. The molecule has 3 aromatic rings. The van der Waals surface area contributed by atoms with E-state index in [9.17, 15) is 4.79 Å². The Labute approximate surface area is 117 Å². The molecule has 0 saturated heterocycles. The molecule has 1 aromatic heterocycles. The molecule has 0 fully saturated rings. The Kier molecular flexibility index (Phi) is 3.17. The third-order valence-corrected chi connectivity index (χ3v) is 3.31. The molecule has 0 aliphatic heterocycles. The number of hydrogen-bond acceptors (Lipinski definition) is 2. The van der Waals surface area contributed by atoms with Crippen molar-refractivity contribution >= 4 is 0 Å². The van der Waals surface area contributed by atoms with Gasteiger partial charge in [-0.25, -0.2) is 9.78 Å². The number of aromatic nitrogens is 2. The minimum absolute atomic E-state index is 0.247. The lowest BCUT2D eigenvalue weighted by Crippen LogP contribution is -2.21. The van der Waals surface area contributed by atoms with Gasteiger partial charge in [0.1, 0.15) is 0 Å². The van der Waals surface area contributed by atoms with Crippen molar-refractivity contribution in [1.82, 2.24) is 9.55 Å². The van der Waals surface area contributed by atoms with Crippen molar-refractivity contribution in [3.8, 4) is 22.4 Å². The molecule has 3 nitrogen and oxygen atoms in total. The van der Waals surface area contributed by atoms with Crippen LogP contribution >= 0.6 is 0 Å². The Morgan fingerprint density at radius 3 is 2.00 bits per heavy atom. The summed E-state index contributed by atoms with van der Waals surface area (Å²) in [5, 5.41) is 0. The third kappa shape index (κ3) is 2.14. The van der Waals surface area contributed by atoms with Crippen molar-refractivity contribution in [3.05, 3.63) is 77.3 Å². The zero-order valence-electron chi connectivity index (χ0n) is 11.2. The smallest absolute Gasteiger partial charge is 0.294 e. The predicted molar refractivity (Wildman–Crippen MR) is 80.4 cm³/mol. The highest BCUT2D eigenvalue weighted by Gasteiger charge is 2.12. The van der Waals surface area contributed by atoms with E-state index in [0.29, 0.717) is 0 Å². The number of benzene rings is 2. The van der Waals surface area contributed by atoms with Crippen molar-refractivity contribution in [2.45, 2.75) is 0 Å². The summed E-state index contributed by atoms with van der Waals surface area (Å²) >= 11 is 0. The molecule has 3 heteroatoms. The quantitative estimate of drug-likeness (QED) is 0.711. The molecule has 3 rings (SSSR count). The first-order chi connectivity index (χ1) is 9.77. The highest BCUT2D eigenvalue weighted by atomic mass is 16.1. The van der Waals surface area contributed by atoms with Crippen molar-refractivity contribution in [2.75, 3.05) is 0 Å². The fourth-order valence-corrected chi connectivity index (χ4v) is 2.32. The second-order valence-corrected chi connectivity index (χ2v) is 4.59. The molecule has 0 unspecified atom stereocenters. The van der Waals surface area contributed by atoms with Crippen LogP contribution in [0.25, 0.3) is 22.4 Å². The van der Waals surface area contributed by atoms with Gasteiger partial charge in [0, 0.05) is 18.8 Å². The lowest BCUT2D eigenvalue weighted by atomic mass is 10.0. The molecular weight excluding hydrogens is 248 g/mol. The topological polar surface area (TPSA) is 34.9 Å². The Bertz CT molecular complexity index is 777. The van der Waals surface area contributed by atoms with E-state index < -0.39 is 0 Å². The van der Waals surface area contributed by atoms with Crippen molar-refractivity contribution < 1.29 is 0 Å². The molecule has 0 N–H and O–H groups in total. The summed E-state index contributed by atoms with van der Waals surface area (Å²) in [7, 11) is 1.75. The van der Waals surface area contributed by atoms with Gasteiger partial charge >= 0.3 is 5.69 Å². The summed E-state index contributed by atoms with van der Waals surface area (Å²) in [5.41, 5.74) is 3.65. The fourth-order valence-electron chi connectivity index (χ4n) is 2.32. The van der Waals surface area contributed by atoms with E-state index in [-0.39, 0.29) is 5.69 Å². The van der Waals surface area contributed by atoms with E-state index in [0.717, 1.165) is 22.4 Å². The molecule has 2 aromatic carbocycles. The van der Waals surface area contributed by atoms with Gasteiger partial charge in [-0.2, -0.15) is 0 Å². The average Bonchev–Trinajstić information content (AvgIpc) is 2.51. The minimum atomic E-state index is -0.247. The highest BCUT2D eigenvalue weighted by molar-refractivity contribution is 5.80. The van der Waals surface area contributed by atoms with Crippen LogP contribution in [-0.4, -0.2) is 9.55 Å². The zero-order valence-corrected chi connectivity index (χ0v) is 11.2. The van der Waals surface area contributed by atoms with E-state index in [1.54, 1.807) is 17.8 Å². The average molecular weight is 262 g/mol. The second-order valence-electron chi connectivity index (χ2n) is 4.59. The number of hydrogen-bond donors (Lipinski definition) is 0. The van der Waals surface area contributed by atoms with Crippen LogP contribution in [-0.2, 0) is 7.05 Å². The monoisotopic (exact) mass is 262 g/mol. The largest absolute Gasteiger partial charge is 0.347 e. The summed E-state index contributed by atoms with van der Waals surface area (Å²) < 4.78 is 1.59. The van der Waals surface area contributed by atoms with Crippen LogP contribution in [0.5, 0.6) is 0 Å². The summed E-state index contributed by atoms with van der Waals surface area (Å²) in [6.07, 6.45) is 1.65. The van der Waals surface area contributed by atoms with Gasteiger partial charge in [-0.05, 0) is 11.1 Å². The van der Waals surface area contributed by atoms with Crippen molar-refractivity contribution in [3.63, 3.8) is 0 Å². The van der Waals surface area contributed by atoms with Crippen LogP contribution in [0.2, 0.25) is 0 Å². The maximum absolute atomic E-state index is 11.8. The van der Waals surface area contributed by atoms with E-state index in [1.807, 2.05) is 60.7 Å². The van der Waals surface area contributed by atoms with E-state index >= 15 is 0 Å². The Hall–Kier alpha value is -2.68. The van der Waals surface area contributed by atoms with Gasteiger partial charge in [0.2, 0.25) is 0 Å². The van der Waals surface area contributed by atoms with Crippen LogP contribution in [0.1, 0.15) is 0 Å². The molecule has 0 amide bonds. The lowest BCUT2D eigenvalue weighted by Gasteiger charge is -2.13. The van der Waals surface area contributed by atoms with Gasteiger partial charge in [-0.3, -0.25) is 4.57 Å². The van der Waals surface area contributed by atoms with Gasteiger partial charge in [0.25, 0.3) is 0 Å². The van der Waals surface area contributed by atoms with E-state index in [4.69, 9.17) is 0 Å². The SMILES string of the molecule is Cn1c(-c2ccccc2)c(-c2ccccc2)cnc1=O. The molecule has 0 bridgehead atoms. The first kappa shape index (κ1) is 12.4. The summed E-state index contributed by atoms with van der Waals surface area (Å²) in [5.74, 6) is 0. The van der Waals surface area contributed by atoms with Crippen LogP contribution in [0.15, 0.2) is 71.7 Å². The predicted octanol–water partition coefficient (Wildman–Crippen LogP) is 3.11. The van der Waals surface area contributed by atoms with Gasteiger partial charge in [0.05, 0.1) is 5.69 Å². The van der Waals surface area contributed by atoms with Crippen molar-refractivity contribution in [2.24, 2.45) is 7.05 Å². The number of nitrogens with zero attached hydrogens (tertiary/aromatic N) is 2. The molecule has 0 atom stereocenters. The zero-order chi connectivity index (χ0) is 13.9. The molecule has 0 aliphatic rings. The standard InChI is InChI=1S/C17H14N2O/c1-19-16(14-10-6-3-7-11-14)15(12-18-17(19)20)13-8-4-2-5-9-13/h2-12H,1H3. The second kappa shape index (κ2) is 5.13. The molecule has 0 spiro atoms. The Morgan fingerprint density at radius 2 is 1.40 bits per heavy atom. The van der Waals surface area contributed by atoms with Gasteiger partial charge in [-0.1, -0.05) is 60.7 Å². The first-order valence-corrected chi connectivity index (χ1v) is 6.44. The van der Waals surface area contributed by atoms with E-state index in [1.165, 1.54) is 0 Å². The van der Waals surface area contributed by atoms with Gasteiger partial charge in [-0.15, -0.1) is 0 Å². The van der Waals surface area contributed by atoms with Crippen LogP contribution in [0.4, 0.5) is 0 Å². The lowest BCUT2D eigenvalue weighted by molar-refractivity contribution is 0.822. The van der Waals surface area contributed by atoms with Crippen LogP contribution in [0.3, 0.4) is 0 Å². The molecule has 0 aliphatic carbocycles. The fraction of sp³-hybridized carbons (Fsp3) is 0.0588. The molecule has 0 saturated carbocycles. The Balaban J connectivity index is 2.32. The van der Waals surface area contributed by atoms with Gasteiger partial charge < -0.3 is 0 Å². The maximum Gasteiger partial charge on any atom is 0.347 e. The van der Waals surface area contributed by atoms with Crippen LogP contribution < -0.4 is 5.69 Å². The molecular formula is C17H14N2O. The van der Waals surface area contributed by atoms with E-state index in [2.05, 4.69) is 4.98 Å². The maximum atomic E-state index is 11.8. The van der Waals surface area contributed by atoms with Gasteiger partial charge in [0.15, 0.2) is 0 Å². The summed E-state index contributed by atoms with van der Waals surface area (Å²) in [4.78, 5) is 15.8. The Morgan fingerprint density at radius 1 is 0.850 bits per heavy atom. The highest BCUT2D eigenvalue weighted by Crippen LogP contribution is 2.29. The molecule has 0 radical (unpaired) electrons. The van der Waals surface area contributed by atoms with Crippen LogP contribution in [0, 0.1) is 0 Å². The molecule has 1 heterocycles. The normalized spacial score (nSPS) is 10.4. The molecule has 20 heavy (non-hydrogen) atoms. The third-order valence-electron chi connectivity index (χ3n) is 3.31. The number of rotatable bonds is 2. The molecule has 98 valence electrons. The summed E-state index contributed by atoms with van der Waals surface area (Å²) in [6, 6.07) is 19.9.